The quantitative estimate of drug-likeness (QED) is 0.636. The second kappa shape index (κ2) is 6.60. The Bertz CT molecular complexity index is 1130. The van der Waals surface area contributed by atoms with Crippen molar-refractivity contribution in [2.75, 3.05) is 14.2 Å². The van der Waals surface area contributed by atoms with E-state index >= 15 is 0 Å². The number of Topliss-reactive ketones (excluding diaryl/α,β-unsaturated/α-hetero) is 2. The average Bonchev–Trinajstić information content (AvgIpc) is 2.96. The summed E-state index contributed by atoms with van der Waals surface area (Å²) in [6.45, 7) is 5.76. The average molecular weight is 373 g/mol. The zero-order valence-electron chi connectivity index (χ0n) is 15.9. The van der Waals surface area contributed by atoms with Gasteiger partial charge in [-0.2, -0.15) is 0 Å². The third kappa shape index (κ3) is 2.43. The number of methoxy groups -OCH3 is 2. The highest BCUT2D eigenvalue weighted by Gasteiger charge is 2.42. The summed E-state index contributed by atoms with van der Waals surface area (Å²) in [4.78, 5) is 30.7. The molecule has 0 radical (unpaired) electrons. The summed E-state index contributed by atoms with van der Waals surface area (Å²) < 4.78 is 11.2. The number of pyridine rings is 1. The number of hydrogen-bond acceptors (Lipinski definition) is 5. The monoisotopic (exact) mass is 373 g/mol. The smallest absolute Gasteiger partial charge is 0.225 e. The van der Waals surface area contributed by atoms with Gasteiger partial charge in [-0.3, -0.25) is 9.59 Å². The fraction of sp³-hybridized carbons (Fsp3) is 0.174. The summed E-state index contributed by atoms with van der Waals surface area (Å²) in [5.74, 6) is -0.646. The molecule has 140 valence electrons. The molecule has 0 bridgehead atoms. The van der Waals surface area contributed by atoms with Crippen molar-refractivity contribution >= 4 is 28.4 Å². The number of ketones is 2. The maximum atomic E-state index is 13.1. The molecule has 0 amide bonds. The summed E-state index contributed by atoms with van der Waals surface area (Å²) in [5.41, 5.74) is 2.83. The molecule has 4 rings (SSSR count). The van der Waals surface area contributed by atoms with E-state index in [9.17, 15) is 9.59 Å². The van der Waals surface area contributed by atoms with Gasteiger partial charge in [0.15, 0.2) is 11.6 Å². The van der Waals surface area contributed by atoms with Gasteiger partial charge < -0.3 is 9.47 Å². The van der Waals surface area contributed by atoms with Crippen LogP contribution < -0.4 is 9.47 Å². The van der Waals surface area contributed by atoms with Gasteiger partial charge >= 0.3 is 0 Å². The molecule has 0 N–H and O–H groups in total. The van der Waals surface area contributed by atoms with Gasteiger partial charge in [-0.1, -0.05) is 36.9 Å². The van der Waals surface area contributed by atoms with Crippen LogP contribution >= 0.6 is 0 Å². The van der Waals surface area contributed by atoms with E-state index in [1.54, 1.807) is 30.3 Å². The first-order valence-electron chi connectivity index (χ1n) is 8.88. The van der Waals surface area contributed by atoms with Crippen LogP contribution in [0.4, 0.5) is 0 Å². The SMILES string of the molecule is C=Cc1cc2cc(C)nc(OC)c2c(OC)c1C1C(=O)c2ccccc2C1=O. The number of fused-ring (bicyclic) bond motifs is 2. The number of aromatic nitrogens is 1. The topological polar surface area (TPSA) is 65.5 Å². The lowest BCUT2D eigenvalue weighted by molar-refractivity contribution is 0.0888. The minimum atomic E-state index is -0.976. The third-order valence-electron chi connectivity index (χ3n) is 5.13. The molecular weight excluding hydrogens is 354 g/mol. The summed E-state index contributed by atoms with van der Waals surface area (Å²) in [6, 6.07) is 10.7. The van der Waals surface area contributed by atoms with E-state index in [-0.39, 0.29) is 11.6 Å². The second-order valence-electron chi connectivity index (χ2n) is 6.69. The fourth-order valence-corrected chi connectivity index (χ4v) is 3.95. The molecule has 28 heavy (non-hydrogen) atoms. The molecule has 1 aliphatic carbocycles. The molecule has 5 heteroatoms. The van der Waals surface area contributed by atoms with Crippen molar-refractivity contribution in [1.29, 1.82) is 0 Å². The highest BCUT2D eigenvalue weighted by Crippen LogP contribution is 2.45. The summed E-state index contributed by atoms with van der Waals surface area (Å²) in [5, 5.41) is 1.48. The Morgan fingerprint density at radius 3 is 2.21 bits per heavy atom. The largest absolute Gasteiger partial charge is 0.496 e. The van der Waals surface area contributed by atoms with Gasteiger partial charge in [-0.05, 0) is 30.0 Å². The molecule has 1 aromatic heterocycles. The lowest BCUT2D eigenvalue weighted by Crippen LogP contribution is -2.16. The van der Waals surface area contributed by atoms with Gasteiger partial charge in [0.2, 0.25) is 5.88 Å². The van der Waals surface area contributed by atoms with Crippen molar-refractivity contribution in [2.24, 2.45) is 0 Å². The number of nitrogens with zero attached hydrogens (tertiary/aromatic N) is 1. The zero-order chi connectivity index (χ0) is 20.0. The predicted molar refractivity (Wildman–Crippen MR) is 108 cm³/mol. The van der Waals surface area contributed by atoms with Crippen molar-refractivity contribution in [2.45, 2.75) is 12.8 Å². The van der Waals surface area contributed by atoms with Crippen LogP contribution in [0.2, 0.25) is 0 Å². The summed E-state index contributed by atoms with van der Waals surface area (Å²) >= 11 is 0. The van der Waals surface area contributed by atoms with Crippen molar-refractivity contribution in [3.8, 4) is 11.6 Å². The molecule has 0 atom stereocenters. The molecular formula is C23H19NO4. The maximum Gasteiger partial charge on any atom is 0.225 e. The van der Waals surface area contributed by atoms with Gasteiger partial charge in [-0.15, -0.1) is 0 Å². The Hall–Kier alpha value is -3.47. The maximum absolute atomic E-state index is 13.1. The Kier molecular flexibility index (Phi) is 4.23. The van der Waals surface area contributed by atoms with Gasteiger partial charge in [-0.25, -0.2) is 4.98 Å². The van der Waals surface area contributed by atoms with E-state index in [1.165, 1.54) is 14.2 Å². The number of benzene rings is 2. The first-order chi connectivity index (χ1) is 13.5. The molecule has 0 saturated carbocycles. The molecule has 0 aliphatic heterocycles. The molecule has 1 heterocycles. The van der Waals surface area contributed by atoms with E-state index < -0.39 is 5.92 Å². The van der Waals surface area contributed by atoms with Gasteiger partial charge in [0, 0.05) is 22.4 Å². The highest BCUT2D eigenvalue weighted by atomic mass is 16.5. The number of carbonyl (C=O) groups excluding carboxylic acids is 2. The molecule has 0 saturated heterocycles. The van der Waals surface area contributed by atoms with Crippen molar-refractivity contribution in [3.05, 3.63) is 70.9 Å². The van der Waals surface area contributed by atoms with Crippen molar-refractivity contribution in [3.63, 3.8) is 0 Å². The number of rotatable bonds is 4. The number of ether oxygens (including phenoxy) is 2. The lowest BCUT2D eigenvalue weighted by atomic mass is 9.87. The number of aryl methyl sites for hydroxylation is 1. The van der Waals surface area contributed by atoms with Crippen LogP contribution in [0.3, 0.4) is 0 Å². The first-order valence-corrected chi connectivity index (χ1v) is 8.88. The highest BCUT2D eigenvalue weighted by molar-refractivity contribution is 6.30. The molecule has 0 fully saturated rings. The zero-order valence-corrected chi connectivity index (χ0v) is 15.9. The standard InChI is InChI=1S/C23H19NO4/c1-5-13-11-14-10-12(2)24-23(28-4)18(14)22(27-3)17(13)19-20(25)15-8-6-7-9-16(15)21(19)26/h5-11,19H,1H2,2-4H3. The van der Waals surface area contributed by atoms with E-state index in [4.69, 9.17) is 9.47 Å². The van der Waals surface area contributed by atoms with Crippen LogP contribution in [0.15, 0.2) is 43.0 Å². The Morgan fingerprint density at radius 1 is 1.04 bits per heavy atom. The minimum absolute atomic E-state index is 0.236. The molecule has 0 unspecified atom stereocenters. The lowest BCUT2D eigenvalue weighted by Gasteiger charge is -2.20. The molecule has 1 aliphatic rings. The van der Waals surface area contributed by atoms with Gasteiger partial charge in [0.25, 0.3) is 0 Å². The van der Waals surface area contributed by atoms with E-state index in [2.05, 4.69) is 11.6 Å². The Morgan fingerprint density at radius 2 is 1.68 bits per heavy atom. The normalized spacial score (nSPS) is 13.7. The number of carbonyl (C=O) groups is 2. The Labute approximate surface area is 162 Å². The molecule has 3 aromatic rings. The third-order valence-corrected chi connectivity index (χ3v) is 5.13. The predicted octanol–water partition coefficient (Wildman–Crippen LogP) is 4.37. The molecule has 2 aromatic carbocycles. The first kappa shape index (κ1) is 17.9. The van der Waals surface area contributed by atoms with E-state index in [0.29, 0.717) is 39.3 Å². The summed E-state index contributed by atoms with van der Waals surface area (Å²) in [7, 11) is 3.05. The minimum Gasteiger partial charge on any atom is -0.496 e. The Balaban J connectivity index is 2.08. The van der Waals surface area contributed by atoms with Crippen LogP contribution in [-0.2, 0) is 0 Å². The van der Waals surface area contributed by atoms with Crippen molar-refractivity contribution in [1.82, 2.24) is 4.98 Å². The molecule has 5 nitrogen and oxygen atoms in total. The van der Waals surface area contributed by atoms with Gasteiger partial charge in [0.05, 0.1) is 19.6 Å². The molecule has 0 spiro atoms. The van der Waals surface area contributed by atoms with Gasteiger partial charge in [0.1, 0.15) is 11.7 Å². The van der Waals surface area contributed by atoms with E-state index in [1.807, 2.05) is 19.1 Å². The fourth-order valence-electron chi connectivity index (χ4n) is 3.95. The summed E-state index contributed by atoms with van der Waals surface area (Å²) in [6.07, 6.45) is 1.64. The van der Waals surface area contributed by atoms with Crippen molar-refractivity contribution < 1.29 is 19.1 Å². The van der Waals surface area contributed by atoms with Crippen LogP contribution in [0.25, 0.3) is 16.8 Å². The number of hydrogen-bond donors (Lipinski definition) is 0. The van der Waals surface area contributed by atoms with Crippen LogP contribution in [0, 0.1) is 6.92 Å². The van der Waals surface area contributed by atoms with Crippen LogP contribution in [0.1, 0.15) is 43.5 Å². The van der Waals surface area contributed by atoms with Crippen LogP contribution in [-0.4, -0.2) is 30.8 Å². The van der Waals surface area contributed by atoms with E-state index in [0.717, 1.165) is 11.1 Å². The second-order valence-corrected chi connectivity index (χ2v) is 6.69. The van der Waals surface area contributed by atoms with Crippen LogP contribution in [0.5, 0.6) is 11.6 Å².